The van der Waals surface area contributed by atoms with Gasteiger partial charge in [0.25, 0.3) is 5.91 Å². The minimum Gasteiger partial charge on any atom is -0.507 e. The number of benzene rings is 2. The Hall–Kier alpha value is -1.76. The molecule has 2 aromatic rings. The van der Waals surface area contributed by atoms with E-state index in [0.29, 0.717) is 12.1 Å². The van der Waals surface area contributed by atoms with Crippen LogP contribution < -0.4 is 10.1 Å². The second kappa shape index (κ2) is 7.31. The van der Waals surface area contributed by atoms with E-state index >= 15 is 0 Å². The fourth-order valence-electron chi connectivity index (χ4n) is 1.90. The summed E-state index contributed by atoms with van der Waals surface area (Å²) in [5, 5.41) is 12.4. The number of carbonyl (C=O) groups excluding carboxylic acids is 1. The lowest BCUT2D eigenvalue weighted by atomic mass is 10.1. The molecule has 5 heteroatoms. The molecule has 2 aromatic carbocycles. The molecule has 0 heterocycles. The van der Waals surface area contributed by atoms with Gasteiger partial charge in [-0.25, -0.2) is 0 Å². The normalized spacial score (nSPS) is 10.2. The standard InChI is InChI=1S/C16H16INO3/c1-21-13-4-2-3-11(9-13)7-8-18-16(20)12-5-6-14(17)15(19)10-12/h2-6,9-10,19H,7-8H2,1H3,(H,18,20). The Morgan fingerprint density at radius 1 is 1.29 bits per heavy atom. The summed E-state index contributed by atoms with van der Waals surface area (Å²) in [7, 11) is 1.63. The Labute approximate surface area is 137 Å². The number of rotatable bonds is 5. The Bertz CT molecular complexity index is 643. The molecular weight excluding hydrogens is 381 g/mol. The van der Waals surface area contributed by atoms with Crippen molar-refractivity contribution in [2.75, 3.05) is 13.7 Å². The summed E-state index contributed by atoms with van der Waals surface area (Å²) in [5.41, 5.74) is 1.55. The van der Waals surface area contributed by atoms with Gasteiger partial charge in [-0.05, 0) is 64.9 Å². The number of methoxy groups -OCH3 is 1. The highest BCUT2D eigenvalue weighted by Crippen LogP contribution is 2.20. The van der Waals surface area contributed by atoms with Crippen LogP contribution in [0.5, 0.6) is 11.5 Å². The van der Waals surface area contributed by atoms with Crippen molar-refractivity contribution in [2.45, 2.75) is 6.42 Å². The van der Waals surface area contributed by atoms with E-state index in [4.69, 9.17) is 4.74 Å². The highest BCUT2D eigenvalue weighted by atomic mass is 127. The zero-order valence-corrected chi connectivity index (χ0v) is 13.8. The first-order valence-corrected chi connectivity index (χ1v) is 7.57. The van der Waals surface area contributed by atoms with Crippen LogP contribution in [0, 0.1) is 3.57 Å². The first kappa shape index (κ1) is 15.6. The molecule has 21 heavy (non-hydrogen) atoms. The van der Waals surface area contributed by atoms with Gasteiger partial charge < -0.3 is 15.2 Å². The minimum absolute atomic E-state index is 0.121. The van der Waals surface area contributed by atoms with Gasteiger partial charge in [0.1, 0.15) is 11.5 Å². The zero-order chi connectivity index (χ0) is 15.2. The SMILES string of the molecule is COc1cccc(CCNC(=O)c2ccc(I)c(O)c2)c1. The third-order valence-corrected chi connectivity index (χ3v) is 3.95. The van der Waals surface area contributed by atoms with Gasteiger partial charge in [0, 0.05) is 12.1 Å². The van der Waals surface area contributed by atoms with Gasteiger partial charge in [0.15, 0.2) is 0 Å². The van der Waals surface area contributed by atoms with Crippen LogP contribution in [0.4, 0.5) is 0 Å². The second-order valence-electron chi connectivity index (χ2n) is 4.52. The van der Waals surface area contributed by atoms with Gasteiger partial charge in [-0.2, -0.15) is 0 Å². The van der Waals surface area contributed by atoms with Crippen LogP contribution in [0.3, 0.4) is 0 Å². The molecule has 110 valence electrons. The van der Waals surface area contributed by atoms with Gasteiger partial charge in [-0.3, -0.25) is 4.79 Å². The van der Waals surface area contributed by atoms with Gasteiger partial charge in [0.2, 0.25) is 0 Å². The first-order valence-electron chi connectivity index (χ1n) is 6.50. The third kappa shape index (κ3) is 4.35. The maximum Gasteiger partial charge on any atom is 0.251 e. The van der Waals surface area contributed by atoms with Crippen molar-refractivity contribution in [2.24, 2.45) is 0 Å². The van der Waals surface area contributed by atoms with E-state index in [0.717, 1.165) is 21.3 Å². The largest absolute Gasteiger partial charge is 0.507 e. The van der Waals surface area contributed by atoms with E-state index in [1.54, 1.807) is 19.2 Å². The van der Waals surface area contributed by atoms with Crippen molar-refractivity contribution < 1.29 is 14.6 Å². The van der Waals surface area contributed by atoms with Crippen molar-refractivity contribution in [3.05, 3.63) is 57.2 Å². The molecule has 0 aliphatic carbocycles. The van der Waals surface area contributed by atoms with Crippen LogP contribution in [0.15, 0.2) is 42.5 Å². The molecule has 2 rings (SSSR count). The molecule has 0 saturated carbocycles. The number of nitrogens with one attached hydrogen (secondary N) is 1. The Morgan fingerprint density at radius 3 is 2.81 bits per heavy atom. The van der Waals surface area contributed by atoms with Gasteiger partial charge in [-0.1, -0.05) is 12.1 Å². The number of phenols is 1. The molecule has 0 bridgehead atoms. The van der Waals surface area contributed by atoms with E-state index in [1.165, 1.54) is 6.07 Å². The second-order valence-corrected chi connectivity index (χ2v) is 5.69. The molecule has 1 amide bonds. The van der Waals surface area contributed by atoms with E-state index < -0.39 is 0 Å². The first-order chi connectivity index (χ1) is 10.1. The lowest BCUT2D eigenvalue weighted by Crippen LogP contribution is -2.25. The molecule has 0 aliphatic heterocycles. The molecule has 0 unspecified atom stereocenters. The molecule has 0 aliphatic rings. The topological polar surface area (TPSA) is 58.6 Å². The molecule has 0 fully saturated rings. The highest BCUT2D eigenvalue weighted by Gasteiger charge is 2.07. The monoisotopic (exact) mass is 397 g/mol. The molecular formula is C16H16INO3. The molecule has 4 nitrogen and oxygen atoms in total. The fraction of sp³-hybridized carbons (Fsp3) is 0.188. The Morgan fingerprint density at radius 2 is 2.10 bits per heavy atom. The summed E-state index contributed by atoms with van der Waals surface area (Å²) in [6.07, 6.45) is 0.722. The van der Waals surface area contributed by atoms with Crippen LogP contribution in [0.2, 0.25) is 0 Å². The fourth-order valence-corrected chi connectivity index (χ4v) is 2.24. The van der Waals surface area contributed by atoms with Crippen LogP contribution in [-0.4, -0.2) is 24.7 Å². The average molecular weight is 397 g/mol. The van der Waals surface area contributed by atoms with Crippen molar-refractivity contribution in [3.8, 4) is 11.5 Å². The maximum absolute atomic E-state index is 12.0. The van der Waals surface area contributed by atoms with Crippen LogP contribution in [0.1, 0.15) is 15.9 Å². The summed E-state index contributed by atoms with van der Waals surface area (Å²) >= 11 is 2.01. The predicted molar refractivity (Wildman–Crippen MR) is 89.9 cm³/mol. The lowest BCUT2D eigenvalue weighted by Gasteiger charge is -2.07. The summed E-state index contributed by atoms with van der Waals surface area (Å²) in [6, 6.07) is 12.6. The van der Waals surface area contributed by atoms with Crippen molar-refractivity contribution in [1.82, 2.24) is 5.32 Å². The average Bonchev–Trinajstić information content (AvgIpc) is 2.50. The number of carbonyl (C=O) groups is 1. The van der Waals surface area contributed by atoms with Gasteiger partial charge >= 0.3 is 0 Å². The van der Waals surface area contributed by atoms with Gasteiger partial charge in [0.05, 0.1) is 10.7 Å². The van der Waals surface area contributed by atoms with E-state index in [9.17, 15) is 9.90 Å². The van der Waals surface area contributed by atoms with Crippen LogP contribution in [0.25, 0.3) is 0 Å². The highest BCUT2D eigenvalue weighted by molar-refractivity contribution is 14.1. The smallest absolute Gasteiger partial charge is 0.251 e. The van der Waals surface area contributed by atoms with Crippen molar-refractivity contribution in [1.29, 1.82) is 0 Å². The maximum atomic E-state index is 12.0. The number of hydrogen-bond donors (Lipinski definition) is 2. The number of hydrogen-bond acceptors (Lipinski definition) is 3. The number of ether oxygens (including phenoxy) is 1. The quantitative estimate of drug-likeness (QED) is 0.763. The summed E-state index contributed by atoms with van der Waals surface area (Å²) in [6.45, 7) is 0.527. The van der Waals surface area contributed by atoms with Crippen molar-refractivity contribution in [3.63, 3.8) is 0 Å². The van der Waals surface area contributed by atoms with Crippen LogP contribution >= 0.6 is 22.6 Å². The third-order valence-electron chi connectivity index (χ3n) is 3.04. The van der Waals surface area contributed by atoms with E-state index in [-0.39, 0.29) is 11.7 Å². The Kier molecular flexibility index (Phi) is 5.44. The summed E-state index contributed by atoms with van der Waals surface area (Å²) < 4.78 is 5.88. The minimum atomic E-state index is -0.190. The van der Waals surface area contributed by atoms with Crippen LogP contribution in [-0.2, 0) is 6.42 Å². The number of halogens is 1. The molecule has 0 radical (unpaired) electrons. The van der Waals surface area contributed by atoms with Crippen molar-refractivity contribution >= 4 is 28.5 Å². The van der Waals surface area contributed by atoms with E-state index in [2.05, 4.69) is 5.32 Å². The summed E-state index contributed by atoms with van der Waals surface area (Å²) in [5.74, 6) is 0.738. The predicted octanol–water partition coefficient (Wildman–Crippen LogP) is 2.98. The molecule has 2 N–H and O–H groups in total. The molecule has 0 aromatic heterocycles. The molecule has 0 spiro atoms. The van der Waals surface area contributed by atoms with E-state index in [1.807, 2.05) is 46.9 Å². The number of aromatic hydroxyl groups is 1. The zero-order valence-electron chi connectivity index (χ0n) is 11.6. The number of amides is 1. The number of phenolic OH excluding ortho intramolecular Hbond substituents is 1. The molecule has 0 atom stereocenters. The lowest BCUT2D eigenvalue weighted by molar-refractivity contribution is 0.0953. The molecule has 0 saturated heterocycles. The van der Waals surface area contributed by atoms with Gasteiger partial charge in [-0.15, -0.1) is 0 Å². The summed E-state index contributed by atoms with van der Waals surface area (Å²) in [4.78, 5) is 12.0. The Balaban J connectivity index is 1.90.